The number of aryl methyl sites for hydroxylation is 2. The first kappa shape index (κ1) is 14.0. The minimum atomic E-state index is -4.03. The number of aromatic nitrogens is 2. The fourth-order valence-electron chi connectivity index (χ4n) is 1.62. The molecule has 0 bridgehead atoms. The zero-order valence-corrected chi connectivity index (χ0v) is 10.1. The molecule has 0 aliphatic rings. The number of halogens is 3. The molecule has 1 rings (SSSR count). The summed E-state index contributed by atoms with van der Waals surface area (Å²) >= 11 is 0. The van der Waals surface area contributed by atoms with Gasteiger partial charge in [-0.15, -0.1) is 0 Å². The summed E-state index contributed by atoms with van der Waals surface area (Å²) in [6, 6.07) is 0. The molecule has 0 aliphatic heterocycles. The highest BCUT2D eigenvalue weighted by Gasteiger charge is 2.25. The van der Waals surface area contributed by atoms with Gasteiger partial charge in [0, 0.05) is 31.8 Å². The summed E-state index contributed by atoms with van der Waals surface area (Å²) in [6.45, 7) is 3.18. The third kappa shape index (κ3) is 5.72. The van der Waals surface area contributed by atoms with E-state index >= 15 is 0 Å². The topological polar surface area (TPSA) is 29.9 Å². The summed E-state index contributed by atoms with van der Waals surface area (Å²) < 4.78 is 37.3. The Morgan fingerprint density at radius 2 is 2.06 bits per heavy atom. The molecule has 17 heavy (non-hydrogen) atoms. The Kier molecular flexibility index (Phi) is 4.99. The molecule has 0 spiro atoms. The maximum absolute atomic E-state index is 11.9. The molecule has 1 heterocycles. The molecule has 0 aliphatic carbocycles. The number of nitrogens with one attached hydrogen (secondary N) is 1. The molecule has 0 radical (unpaired) electrons. The molecule has 0 amide bonds. The van der Waals surface area contributed by atoms with Crippen molar-refractivity contribution in [2.45, 2.75) is 38.9 Å². The maximum atomic E-state index is 11.9. The predicted molar refractivity (Wildman–Crippen MR) is 59.6 cm³/mol. The normalized spacial score (nSPS) is 12.1. The number of unbranched alkanes of at least 4 members (excludes halogenated alkanes) is 1. The summed E-state index contributed by atoms with van der Waals surface area (Å²) in [4.78, 5) is 0. The summed E-state index contributed by atoms with van der Waals surface area (Å²) in [5.74, 6) is 0. The number of hydrogen-bond acceptors (Lipinski definition) is 2. The van der Waals surface area contributed by atoms with Crippen molar-refractivity contribution in [3.63, 3.8) is 0 Å². The van der Waals surface area contributed by atoms with Gasteiger partial charge >= 0.3 is 6.18 Å². The van der Waals surface area contributed by atoms with Crippen molar-refractivity contribution in [2.75, 3.05) is 6.54 Å². The van der Waals surface area contributed by atoms with Crippen molar-refractivity contribution in [1.82, 2.24) is 15.1 Å². The minimum Gasteiger partial charge on any atom is -0.313 e. The minimum absolute atomic E-state index is 0.183. The van der Waals surface area contributed by atoms with Crippen molar-refractivity contribution in [3.8, 4) is 0 Å². The van der Waals surface area contributed by atoms with Crippen LogP contribution in [-0.2, 0) is 13.6 Å². The van der Waals surface area contributed by atoms with Crippen LogP contribution in [0.5, 0.6) is 0 Å². The Bertz CT molecular complexity index is 344. The fraction of sp³-hybridized carbons (Fsp3) is 0.727. The lowest BCUT2D eigenvalue weighted by atomic mass is 10.2. The van der Waals surface area contributed by atoms with Gasteiger partial charge < -0.3 is 5.32 Å². The lowest BCUT2D eigenvalue weighted by Gasteiger charge is -2.06. The molecule has 0 atom stereocenters. The van der Waals surface area contributed by atoms with Crippen molar-refractivity contribution >= 4 is 0 Å². The Hall–Kier alpha value is -1.04. The van der Waals surface area contributed by atoms with Gasteiger partial charge in [0.05, 0.1) is 5.69 Å². The van der Waals surface area contributed by atoms with E-state index in [1.165, 1.54) is 0 Å². The van der Waals surface area contributed by atoms with Gasteiger partial charge in [0.1, 0.15) is 0 Å². The zero-order chi connectivity index (χ0) is 12.9. The molecule has 0 saturated heterocycles. The van der Waals surface area contributed by atoms with E-state index in [1.54, 1.807) is 4.68 Å². The van der Waals surface area contributed by atoms with E-state index in [2.05, 4.69) is 10.4 Å². The molecule has 1 aromatic heterocycles. The van der Waals surface area contributed by atoms with Crippen LogP contribution in [-0.4, -0.2) is 22.5 Å². The first-order valence-electron chi connectivity index (χ1n) is 5.65. The number of hydrogen-bond donors (Lipinski definition) is 1. The van der Waals surface area contributed by atoms with Crippen LogP contribution >= 0.6 is 0 Å². The molecule has 0 aromatic carbocycles. The summed E-state index contributed by atoms with van der Waals surface area (Å²) in [5, 5.41) is 7.31. The third-order valence-electron chi connectivity index (χ3n) is 2.49. The number of rotatable bonds is 6. The molecule has 1 N–H and O–H groups in total. The van der Waals surface area contributed by atoms with Crippen molar-refractivity contribution in [3.05, 3.63) is 17.5 Å². The van der Waals surface area contributed by atoms with Crippen LogP contribution in [0, 0.1) is 6.92 Å². The lowest BCUT2D eigenvalue weighted by molar-refractivity contribution is -0.135. The van der Waals surface area contributed by atoms with Crippen molar-refractivity contribution in [1.29, 1.82) is 0 Å². The fourth-order valence-corrected chi connectivity index (χ4v) is 1.62. The molecular weight excluding hydrogens is 231 g/mol. The molecule has 3 nitrogen and oxygen atoms in total. The quantitative estimate of drug-likeness (QED) is 0.785. The second-order valence-corrected chi connectivity index (χ2v) is 4.16. The molecule has 1 aromatic rings. The standard InChI is InChI=1S/C11H18F3N3/c1-9-10(8-17(2)16-9)7-15-6-4-3-5-11(12,13)14/h8,15H,3-7H2,1-2H3. The monoisotopic (exact) mass is 249 g/mol. The number of alkyl halides is 3. The van der Waals surface area contributed by atoms with Gasteiger partial charge in [-0.05, 0) is 26.3 Å². The van der Waals surface area contributed by atoms with Gasteiger partial charge in [0.15, 0.2) is 0 Å². The average Bonchev–Trinajstić information content (AvgIpc) is 2.49. The molecule has 98 valence electrons. The predicted octanol–water partition coefficient (Wildman–Crippen LogP) is 2.55. The van der Waals surface area contributed by atoms with E-state index < -0.39 is 12.6 Å². The van der Waals surface area contributed by atoms with Gasteiger partial charge in [-0.25, -0.2) is 0 Å². The first-order chi connectivity index (χ1) is 7.88. The maximum Gasteiger partial charge on any atom is 0.389 e. The smallest absolute Gasteiger partial charge is 0.313 e. The van der Waals surface area contributed by atoms with Crippen molar-refractivity contribution in [2.24, 2.45) is 7.05 Å². The van der Waals surface area contributed by atoms with Crippen LogP contribution in [0.25, 0.3) is 0 Å². The summed E-state index contributed by atoms with van der Waals surface area (Å²) in [6.07, 6.45) is -2.08. The van der Waals surface area contributed by atoms with Gasteiger partial charge in [-0.1, -0.05) is 0 Å². The lowest BCUT2D eigenvalue weighted by Crippen LogP contribution is -2.16. The van der Waals surface area contributed by atoms with Gasteiger partial charge in [0.2, 0.25) is 0 Å². The van der Waals surface area contributed by atoms with E-state index in [9.17, 15) is 13.2 Å². The Morgan fingerprint density at radius 3 is 2.59 bits per heavy atom. The second-order valence-electron chi connectivity index (χ2n) is 4.16. The molecule has 6 heteroatoms. The SMILES string of the molecule is Cc1nn(C)cc1CNCCCCC(F)(F)F. The Balaban J connectivity index is 2.11. The van der Waals surface area contributed by atoms with E-state index in [0.717, 1.165) is 11.3 Å². The van der Waals surface area contributed by atoms with Crippen LogP contribution in [0.1, 0.15) is 30.5 Å². The largest absolute Gasteiger partial charge is 0.389 e. The highest BCUT2D eigenvalue weighted by molar-refractivity contribution is 5.14. The molecule has 0 saturated carbocycles. The Labute approximate surface area is 99.0 Å². The Morgan fingerprint density at radius 1 is 1.35 bits per heavy atom. The second kappa shape index (κ2) is 6.05. The van der Waals surface area contributed by atoms with Crippen molar-refractivity contribution < 1.29 is 13.2 Å². The van der Waals surface area contributed by atoms with Crippen LogP contribution in [0.2, 0.25) is 0 Å². The summed E-state index contributed by atoms with van der Waals surface area (Å²) in [5.41, 5.74) is 2.04. The highest BCUT2D eigenvalue weighted by Crippen LogP contribution is 2.21. The first-order valence-corrected chi connectivity index (χ1v) is 5.65. The molecule has 0 fully saturated rings. The molecular formula is C11H18F3N3. The van der Waals surface area contributed by atoms with E-state index in [1.807, 2.05) is 20.2 Å². The van der Waals surface area contributed by atoms with Crippen LogP contribution in [0.15, 0.2) is 6.20 Å². The number of nitrogens with zero attached hydrogens (tertiary/aromatic N) is 2. The molecule has 0 unspecified atom stereocenters. The van der Waals surface area contributed by atoms with Crippen LogP contribution in [0.3, 0.4) is 0 Å². The van der Waals surface area contributed by atoms with Gasteiger partial charge in [0.25, 0.3) is 0 Å². The zero-order valence-electron chi connectivity index (χ0n) is 10.1. The third-order valence-corrected chi connectivity index (χ3v) is 2.49. The van der Waals surface area contributed by atoms with Crippen LogP contribution in [0.4, 0.5) is 13.2 Å². The average molecular weight is 249 g/mol. The van der Waals surface area contributed by atoms with E-state index in [0.29, 0.717) is 19.5 Å². The van der Waals surface area contributed by atoms with Gasteiger partial charge in [-0.2, -0.15) is 18.3 Å². The highest BCUT2D eigenvalue weighted by atomic mass is 19.4. The van der Waals surface area contributed by atoms with E-state index in [4.69, 9.17) is 0 Å². The summed E-state index contributed by atoms with van der Waals surface area (Å²) in [7, 11) is 1.85. The van der Waals surface area contributed by atoms with Gasteiger partial charge in [-0.3, -0.25) is 4.68 Å². The van der Waals surface area contributed by atoms with E-state index in [-0.39, 0.29) is 6.42 Å². The van der Waals surface area contributed by atoms with Crippen LogP contribution < -0.4 is 5.32 Å².